The van der Waals surface area contributed by atoms with Crippen molar-refractivity contribution in [3.63, 3.8) is 0 Å². The molecule has 8 heteroatoms. The first kappa shape index (κ1) is 13.3. The Kier molecular flexibility index (Phi) is 7.01. The van der Waals surface area contributed by atoms with Crippen LogP contribution in [0.25, 0.3) is 0 Å². The second-order valence-electron chi connectivity index (χ2n) is 2.16. The van der Waals surface area contributed by atoms with E-state index in [1.807, 2.05) is 0 Å². The van der Waals surface area contributed by atoms with Gasteiger partial charge in [0.05, 0.1) is 0 Å². The Balaban J connectivity index is 2.46. The molecule has 0 aliphatic carbocycles. The van der Waals surface area contributed by atoms with Crippen molar-refractivity contribution in [1.29, 1.82) is 0 Å². The van der Waals surface area contributed by atoms with Gasteiger partial charge in [0.25, 0.3) is 0 Å². The van der Waals surface area contributed by atoms with Gasteiger partial charge in [-0.05, 0) is 0 Å². The fourth-order valence-electron chi connectivity index (χ4n) is 0.582. The lowest BCUT2D eigenvalue weighted by molar-refractivity contribution is 0.287. The largest absolute Gasteiger partial charge is 0.306 e. The monoisotopic (exact) mass is 264 g/mol. The molecule has 1 rings (SSSR count). The van der Waals surface area contributed by atoms with Gasteiger partial charge >= 0.3 is 22.7 Å². The average Bonchev–Trinajstić information content (AvgIpc) is 2.27. The minimum atomic E-state index is -1.86. The second kappa shape index (κ2) is 8.42. The minimum absolute atomic E-state index is 0.0725. The van der Waals surface area contributed by atoms with E-state index < -0.39 is 22.7 Å². The van der Waals surface area contributed by atoms with E-state index in [-0.39, 0.29) is 26.4 Å². The molecule has 0 atom stereocenters. The molecule has 0 bridgehead atoms. The lowest BCUT2D eigenvalue weighted by Crippen LogP contribution is -2.05. The van der Waals surface area contributed by atoms with E-state index in [4.69, 9.17) is 0 Å². The number of hydrogen-bond acceptors (Lipinski definition) is 6. The summed E-state index contributed by atoms with van der Waals surface area (Å²) < 4.78 is 40.5. The molecule has 1 heterocycles. The summed E-state index contributed by atoms with van der Waals surface area (Å²) in [5, 5.41) is 0. The van der Waals surface area contributed by atoms with E-state index in [0.717, 1.165) is 0 Å². The lowest BCUT2D eigenvalue weighted by atomic mass is 10.6. The Morgan fingerprint density at radius 1 is 0.625 bits per heavy atom. The molecule has 0 fully saturated rings. The van der Waals surface area contributed by atoms with Crippen molar-refractivity contribution >= 4 is 22.7 Å². The van der Waals surface area contributed by atoms with E-state index in [2.05, 4.69) is 40.4 Å². The third-order valence-electron chi connectivity index (χ3n) is 1.16. The predicted octanol–water partition coefficient (Wildman–Crippen LogP) is -0.769. The number of hydrogen-bond donors (Lipinski definition) is 0. The summed E-state index contributed by atoms with van der Waals surface area (Å²) in [6, 6.07) is 0. The molecule has 6 nitrogen and oxygen atoms in total. The molecule has 88 valence electrons. The van der Waals surface area contributed by atoms with Gasteiger partial charge in [-0.25, -0.2) is 0 Å². The van der Waals surface area contributed by atoms with Crippen molar-refractivity contribution in [2.75, 3.05) is 26.4 Å². The lowest BCUT2D eigenvalue weighted by Gasteiger charge is -1.98. The van der Waals surface area contributed by atoms with Gasteiger partial charge in [0.15, 0.2) is 0 Å². The summed E-state index contributed by atoms with van der Waals surface area (Å²) in [4.78, 5) is 0. The van der Waals surface area contributed by atoms with Gasteiger partial charge in [-0.15, -0.1) is 0 Å². The molecule has 0 saturated carbocycles. The Morgan fingerprint density at radius 2 is 0.875 bits per heavy atom. The van der Waals surface area contributed by atoms with E-state index >= 15 is 0 Å². The van der Waals surface area contributed by atoms with Crippen LogP contribution in [-0.4, -0.2) is 34.8 Å². The molecular formula is C8H8O6S2. The molecule has 0 aromatic rings. The van der Waals surface area contributed by atoms with Crippen LogP contribution in [0.1, 0.15) is 0 Å². The Morgan fingerprint density at radius 3 is 1.12 bits per heavy atom. The average molecular weight is 264 g/mol. The Labute approximate surface area is 98.3 Å². The highest BCUT2D eigenvalue weighted by atomic mass is 32.2. The summed E-state index contributed by atoms with van der Waals surface area (Å²) in [6.45, 7) is -0.290. The van der Waals surface area contributed by atoms with Crippen LogP contribution < -0.4 is 0 Å². The summed E-state index contributed by atoms with van der Waals surface area (Å²) in [7, 11) is 0. The van der Waals surface area contributed by atoms with Crippen LogP contribution in [0.15, 0.2) is 0 Å². The Hall–Kier alpha value is -0.740. The van der Waals surface area contributed by atoms with Crippen LogP contribution in [0.5, 0.6) is 0 Å². The van der Waals surface area contributed by atoms with Gasteiger partial charge in [-0.3, -0.25) is 16.7 Å². The van der Waals surface area contributed by atoms with Crippen LogP contribution in [0.4, 0.5) is 0 Å². The van der Waals surface area contributed by atoms with E-state index in [9.17, 15) is 8.42 Å². The minimum Gasteiger partial charge on any atom is -0.255 e. The van der Waals surface area contributed by atoms with Gasteiger partial charge < -0.3 is 0 Å². The molecular weight excluding hydrogens is 256 g/mol. The molecule has 0 aromatic heterocycles. The van der Waals surface area contributed by atoms with Crippen molar-refractivity contribution in [1.82, 2.24) is 0 Å². The maximum atomic E-state index is 10.9. The zero-order valence-corrected chi connectivity index (χ0v) is 9.73. The normalized spacial score (nSPS) is 27.8. The van der Waals surface area contributed by atoms with E-state index in [0.29, 0.717) is 0 Å². The highest BCUT2D eigenvalue weighted by Gasteiger charge is 1.99. The molecule has 0 spiro atoms. The molecule has 0 aromatic carbocycles. The molecule has 0 N–H and O–H groups in total. The quantitative estimate of drug-likeness (QED) is 0.535. The van der Waals surface area contributed by atoms with Crippen molar-refractivity contribution in [2.45, 2.75) is 0 Å². The second-order valence-corrected chi connectivity index (χ2v) is 3.92. The van der Waals surface area contributed by atoms with E-state index in [1.54, 1.807) is 0 Å². The first-order valence-corrected chi connectivity index (χ1v) is 6.07. The molecule has 16 heavy (non-hydrogen) atoms. The smallest absolute Gasteiger partial charge is 0.255 e. The van der Waals surface area contributed by atoms with Crippen molar-refractivity contribution in [3.8, 4) is 23.7 Å². The zero-order chi connectivity index (χ0) is 11.6. The topological polar surface area (TPSA) is 71.1 Å². The summed E-state index contributed by atoms with van der Waals surface area (Å²) >= 11 is -3.73. The maximum Gasteiger partial charge on any atom is 0.306 e. The van der Waals surface area contributed by atoms with Gasteiger partial charge in [0.2, 0.25) is 0 Å². The van der Waals surface area contributed by atoms with Gasteiger partial charge in [-0.1, -0.05) is 23.7 Å². The molecule has 0 unspecified atom stereocenters. The third kappa shape index (κ3) is 6.69. The van der Waals surface area contributed by atoms with Gasteiger partial charge in [0, 0.05) is 0 Å². The van der Waals surface area contributed by atoms with E-state index in [1.165, 1.54) is 0 Å². The Bertz CT molecular complexity index is 319. The number of rotatable bonds is 0. The summed E-state index contributed by atoms with van der Waals surface area (Å²) in [5.41, 5.74) is 0. The van der Waals surface area contributed by atoms with Crippen molar-refractivity contribution < 1.29 is 25.2 Å². The zero-order valence-electron chi connectivity index (χ0n) is 8.09. The van der Waals surface area contributed by atoms with Crippen LogP contribution in [-0.2, 0) is 39.5 Å². The van der Waals surface area contributed by atoms with Crippen molar-refractivity contribution in [3.05, 3.63) is 0 Å². The van der Waals surface area contributed by atoms with Crippen molar-refractivity contribution in [2.24, 2.45) is 0 Å². The molecule has 1 aliphatic rings. The fraction of sp³-hybridized carbons (Fsp3) is 0.500. The van der Waals surface area contributed by atoms with Gasteiger partial charge in [-0.2, -0.15) is 8.42 Å². The molecule has 0 saturated heterocycles. The van der Waals surface area contributed by atoms with Crippen LogP contribution in [0.2, 0.25) is 0 Å². The summed E-state index contributed by atoms with van der Waals surface area (Å²) in [6.07, 6.45) is 0. The molecule has 0 radical (unpaired) electrons. The van der Waals surface area contributed by atoms with Crippen LogP contribution >= 0.6 is 0 Å². The van der Waals surface area contributed by atoms with Crippen LogP contribution in [0.3, 0.4) is 0 Å². The SMILES string of the molecule is O=S1OCC#CCOS(=O)OCC#CCO1. The standard InChI is InChI=1S/C8H8O6S2/c9-15-11-5-1-2-6-12-16(10)14-8-4-3-7-13-15/h5-8H2. The molecule has 1 aliphatic heterocycles. The maximum absolute atomic E-state index is 10.9. The predicted molar refractivity (Wildman–Crippen MR) is 55.6 cm³/mol. The summed E-state index contributed by atoms with van der Waals surface area (Å²) in [5.74, 6) is 9.98. The van der Waals surface area contributed by atoms with Crippen LogP contribution in [0, 0.1) is 23.7 Å². The third-order valence-corrected chi connectivity index (χ3v) is 2.40. The van der Waals surface area contributed by atoms with Gasteiger partial charge in [0.1, 0.15) is 26.4 Å². The first-order valence-electron chi connectivity index (χ1n) is 4.07. The highest BCUT2D eigenvalue weighted by molar-refractivity contribution is 7.75. The first-order chi connectivity index (χ1) is 7.79. The fourth-order valence-corrected chi connectivity index (χ4v) is 1.34. The highest BCUT2D eigenvalue weighted by Crippen LogP contribution is 1.90. The molecule has 0 amide bonds.